The molecule has 0 amide bonds. The second-order valence-corrected chi connectivity index (χ2v) is 8.58. The molecule has 4 aromatic carbocycles. The van der Waals surface area contributed by atoms with Crippen molar-refractivity contribution in [1.82, 2.24) is 0 Å². The minimum absolute atomic E-state index is 0.162. The van der Waals surface area contributed by atoms with Crippen molar-refractivity contribution < 1.29 is 26.3 Å². The molecule has 0 radical (unpaired) electrons. The highest BCUT2D eigenvalue weighted by Crippen LogP contribution is 2.37. The zero-order chi connectivity index (χ0) is 25.9. The summed E-state index contributed by atoms with van der Waals surface area (Å²) in [6, 6.07) is 16.6. The monoisotopic (exact) mass is 496 g/mol. The van der Waals surface area contributed by atoms with Crippen LogP contribution in [0.2, 0.25) is 0 Å². The highest BCUT2D eigenvalue weighted by Gasteiger charge is 2.38. The van der Waals surface area contributed by atoms with Gasteiger partial charge < -0.3 is 0 Å². The minimum atomic E-state index is -5.19. The first kappa shape index (κ1) is 25.4. The lowest BCUT2D eigenvalue weighted by molar-refractivity contribution is -0.142. The van der Waals surface area contributed by atoms with Crippen molar-refractivity contribution in [2.45, 2.75) is 38.8 Å². The fourth-order valence-corrected chi connectivity index (χ4v) is 4.07. The Morgan fingerprint density at radius 1 is 0.722 bits per heavy atom. The molecule has 0 aliphatic carbocycles. The molecule has 6 heteroatoms. The molecule has 184 valence electrons. The number of halogens is 6. The van der Waals surface area contributed by atoms with Crippen molar-refractivity contribution in [1.29, 1.82) is 0 Å². The van der Waals surface area contributed by atoms with Crippen LogP contribution in [0, 0.1) is 29.3 Å². The van der Waals surface area contributed by atoms with Crippen LogP contribution in [0.25, 0.3) is 21.9 Å². The Morgan fingerprint density at radius 2 is 1.36 bits per heavy atom. The van der Waals surface area contributed by atoms with Crippen LogP contribution in [0.15, 0.2) is 66.7 Å². The third-order valence-electron chi connectivity index (χ3n) is 5.96. The van der Waals surface area contributed by atoms with Crippen molar-refractivity contribution in [2.24, 2.45) is 0 Å². The van der Waals surface area contributed by atoms with E-state index in [1.165, 1.54) is 36.6 Å². The van der Waals surface area contributed by atoms with E-state index in [9.17, 15) is 22.0 Å². The van der Waals surface area contributed by atoms with Gasteiger partial charge in [-0.2, -0.15) is 13.2 Å². The van der Waals surface area contributed by atoms with Gasteiger partial charge in [-0.25, -0.2) is 13.2 Å². The zero-order valence-electron chi connectivity index (χ0n) is 19.4. The van der Waals surface area contributed by atoms with E-state index in [1.54, 1.807) is 12.1 Å². The normalized spacial score (nSPS) is 11.4. The highest BCUT2D eigenvalue weighted by molar-refractivity contribution is 5.89. The van der Waals surface area contributed by atoms with Crippen LogP contribution in [0.3, 0.4) is 0 Å². The van der Waals surface area contributed by atoms with Gasteiger partial charge in [-0.1, -0.05) is 61.9 Å². The van der Waals surface area contributed by atoms with E-state index in [2.05, 4.69) is 30.9 Å². The van der Waals surface area contributed by atoms with Crippen LogP contribution in [0.5, 0.6) is 0 Å². The van der Waals surface area contributed by atoms with Crippen molar-refractivity contribution in [3.05, 3.63) is 106 Å². The second-order valence-electron chi connectivity index (χ2n) is 8.58. The molecule has 0 spiro atoms. The molecule has 4 rings (SSSR count). The molecule has 0 unspecified atom stereocenters. The van der Waals surface area contributed by atoms with Crippen LogP contribution >= 0.6 is 0 Å². The summed E-state index contributed by atoms with van der Waals surface area (Å²) in [6.45, 7) is 2.17. The molecule has 4 aromatic rings. The Balaban J connectivity index is 1.60. The van der Waals surface area contributed by atoms with E-state index in [4.69, 9.17) is 0 Å². The first-order chi connectivity index (χ1) is 17.2. The molecular formula is C30H22F6. The molecule has 0 fully saturated rings. The number of benzene rings is 4. The minimum Gasteiger partial charge on any atom is -0.206 e. The smallest absolute Gasteiger partial charge is 0.206 e. The summed E-state index contributed by atoms with van der Waals surface area (Å²) in [6.07, 6.45) is -0.635. The Hall–Kier alpha value is -3.72. The van der Waals surface area contributed by atoms with Gasteiger partial charge in [0.2, 0.25) is 0 Å². The van der Waals surface area contributed by atoms with Crippen molar-refractivity contribution >= 4 is 10.8 Å². The number of rotatable bonds is 5. The standard InChI is InChI=1S/C30H22F6/c1-2-3-4-5-19-6-8-20(9-7-19)10-11-21-12-14-24-22(16-21)13-15-25(29(24)33)23-17-26(31)28(27(32)18-23)30(34,35)36/h6-9,12-18H,2-5H2,1H3. The van der Waals surface area contributed by atoms with Crippen LogP contribution in [-0.2, 0) is 12.6 Å². The van der Waals surface area contributed by atoms with Gasteiger partial charge in [0.15, 0.2) is 0 Å². The van der Waals surface area contributed by atoms with E-state index in [1.807, 2.05) is 12.1 Å². The van der Waals surface area contributed by atoms with Gasteiger partial charge in [-0.15, -0.1) is 0 Å². The predicted molar refractivity (Wildman–Crippen MR) is 130 cm³/mol. The van der Waals surface area contributed by atoms with Gasteiger partial charge in [-0.3, -0.25) is 0 Å². The number of alkyl halides is 3. The van der Waals surface area contributed by atoms with Gasteiger partial charge in [0, 0.05) is 22.1 Å². The topological polar surface area (TPSA) is 0 Å². The van der Waals surface area contributed by atoms with Crippen LogP contribution in [-0.4, -0.2) is 0 Å². The maximum absolute atomic E-state index is 15.2. The van der Waals surface area contributed by atoms with E-state index in [-0.39, 0.29) is 16.5 Å². The zero-order valence-corrected chi connectivity index (χ0v) is 19.4. The van der Waals surface area contributed by atoms with Gasteiger partial charge in [0.1, 0.15) is 23.0 Å². The second kappa shape index (κ2) is 10.5. The average molecular weight is 496 g/mol. The third kappa shape index (κ3) is 5.57. The predicted octanol–water partition coefficient (Wildman–Crippen LogP) is 9.08. The summed E-state index contributed by atoms with van der Waals surface area (Å²) in [5.41, 5.74) is 0.238. The highest BCUT2D eigenvalue weighted by atomic mass is 19.4. The van der Waals surface area contributed by atoms with Crippen molar-refractivity contribution in [3.8, 4) is 23.0 Å². The van der Waals surface area contributed by atoms with E-state index in [0.29, 0.717) is 23.1 Å². The quantitative estimate of drug-likeness (QED) is 0.147. The van der Waals surface area contributed by atoms with Crippen LogP contribution < -0.4 is 0 Å². The number of hydrogen-bond acceptors (Lipinski definition) is 0. The molecule has 0 heterocycles. The average Bonchev–Trinajstić information content (AvgIpc) is 2.82. The van der Waals surface area contributed by atoms with Crippen molar-refractivity contribution in [2.75, 3.05) is 0 Å². The number of aryl methyl sites for hydroxylation is 1. The molecule has 0 bridgehead atoms. The molecule has 0 aromatic heterocycles. The molecule has 0 aliphatic rings. The van der Waals surface area contributed by atoms with E-state index in [0.717, 1.165) is 18.4 Å². The number of unbranched alkanes of at least 4 members (excludes halogenated alkanes) is 2. The Labute approximate surface area is 205 Å². The molecular weight excluding hydrogens is 474 g/mol. The molecule has 0 atom stereocenters. The summed E-state index contributed by atoms with van der Waals surface area (Å²) in [4.78, 5) is 0. The summed E-state index contributed by atoms with van der Waals surface area (Å²) in [5.74, 6) is 1.75. The molecule has 36 heavy (non-hydrogen) atoms. The van der Waals surface area contributed by atoms with E-state index >= 15 is 4.39 Å². The van der Waals surface area contributed by atoms with Gasteiger partial charge in [0.05, 0.1) is 0 Å². The third-order valence-corrected chi connectivity index (χ3v) is 5.96. The maximum atomic E-state index is 15.2. The molecule has 0 aliphatic heterocycles. The summed E-state index contributed by atoms with van der Waals surface area (Å²) < 4.78 is 81.8. The maximum Gasteiger partial charge on any atom is 0.422 e. The lowest BCUT2D eigenvalue weighted by Gasteiger charge is -2.12. The fourth-order valence-electron chi connectivity index (χ4n) is 4.07. The first-order valence-electron chi connectivity index (χ1n) is 11.6. The van der Waals surface area contributed by atoms with Crippen molar-refractivity contribution in [3.63, 3.8) is 0 Å². The molecule has 0 saturated carbocycles. The Kier molecular flexibility index (Phi) is 7.40. The summed E-state index contributed by atoms with van der Waals surface area (Å²) in [5, 5.41) is 0.664. The van der Waals surface area contributed by atoms with Crippen LogP contribution in [0.4, 0.5) is 26.3 Å². The lowest BCUT2D eigenvalue weighted by atomic mass is 9.97. The van der Waals surface area contributed by atoms with Gasteiger partial charge in [-0.05, 0) is 65.8 Å². The van der Waals surface area contributed by atoms with Gasteiger partial charge in [0.25, 0.3) is 0 Å². The Morgan fingerprint density at radius 3 is 2.00 bits per heavy atom. The molecule has 0 N–H and O–H groups in total. The Bertz CT molecular complexity index is 1430. The van der Waals surface area contributed by atoms with Crippen LogP contribution in [0.1, 0.15) is 48.4 Å². The SMILES string of the molecule is CCCCCc1ccc(C#Cc2ccc3c(F)c(-c4cc(F)c(C(F)(F)F)c(F)c4)ccc3c2)cc1. The number of hydrogen-bond donors (Lipinski definition) is 0. The molecule has 0 nitrogen and oxygen atoms in total. The molecule has 0 saturated heterocycles. The first-order valence-corrected chi connectivity index (χ1v) is 11.6. The van der Waals surface area contributed by atoms with E-state index < -0.39 is 29.2 Å². The largest absolute Gasteiger partial charge is 0.422 e. The fraction of sp³-hybridized carbons (Fsp3) is 0.200. The number of fused-ring (bicyclic) bond motifs is 1. The summed E-state index contributed by atoms with van der Waals surface area (Å²) in [7, 11) is 0. The summed E-state index contributed by atoms with van der Waals surface area (Å²) >= 11 is 0. The van der Waals surface area contributed by atoms with Gasteiger partial charge >= 0.3 is 6.18 Å². The lowest BCUT2D eigenvalue weighted by Crippen LogP contribution is -2.11.